The Morgan fingerprint density at radius 2 is 2.26 bits per heavy atom. The Hall–Kier alpha value is -1.06. The molecule has 0 radical (unpaired) electrons. The van der Waals surface area contributed by atoms with Crippen LogP contribution in [0.5, 0.6) is 5.75 Å². The van der Waals surface area contributed by atoms with Crippen LogP contribution in [0.15, 0.2) is 24.3 Å². The first kappa shape index (κ1) is 14.4. The lowest BCUT2D eigenvalue weighted by molar-refractivity contribution is 0.0811. The minimum atomic E-state index is -0.431. The normalized spacial score (nSPS) is 20.7. The Balaban J connectivity index is 1.88. The van der Waals surface area contributed by atoms with Gasteiger partial charge in [-0.3, -0.25) is 0 Å². The van der Waals surface area contributed by atoms with Crippen molar-refractivity contribution in [2.24, 2.45) is 0 Å². The lowest BCUT2D eigenvalue weighted by Gasteiger charge is -2.16. The molecule has 0 bridgehead atoms. The highest BCUT2D eigenvalue weighted by Crippen LogP contribution is 2.26. The van der Waals surface area contributed by atoms with Crippen molar-refractivity contribution in [2.75, 3.05) is 6.61 Å². The standard InChI is InChI=1S/C16H24O3/c1-12(2)19-15-6-3-5-13(11-15)16(17)9-8-14-7-4-10-18-14/h3,5-6,11-12,14,16-17H,4,7-10H2,1-2H3. The van der Waals surface area contributed by atoms with E-state index in [4.69, 9.17) is 9.47 Å². The van der Waals surface area contributed by atoms with Gasteiger partial charge in [0.15, 0.2) is 0 Å². The zero-order valence-electron chi connectivity index (χ0n) is 11.8. The number of benzene rings is 1. The summed E-state index contributed by atoms with van der Waals surface area (Å²) in [6.07, 6.45) is 4.01. The molecule has 3 heteroatoms. The van der Waals surface area contributed by atoms with Crippen LogP contribution in [0.3, 0.4) is 0 Å². The minimum Gasteiger partial charge on any atom is -0.491 e. The van der Waals surface area contributed by atoms with E-state index in [1.54, 1.807) is 0 Å². The molecule has 2 rings (SSSR count). The van der Waals surface area contributed by atoms with Crippen LogP contribution in [0.2, 0.25) is 0 Å². The summed E-state index contributed by atoms with van der Waals surface area (Å²) in [5.41, 5.74) is 0.927. The molecule has 1 aromatic rings. The minimum absolute atomic E-state index is 0.152. The second-order valence-electron chi connectivity index (χ2n) is 5.47. The third-order valence-corrected chi connectivity index (χ3v) is 3.40. The molecular formula is C16H24O3. The Morgan fingerprint density at radius 3 is 2.95 bits per heavy atom. The van der Waals surface area contributed by atoms with Crippen LogP contribution in [0.1, 0.15) is 51.2 Å². The predicted molar refractivity (Wildman–Crippen MR) is 75.4 cm³/mol. The fourth-order valence-electron chi connectivity index (χ4n) is 2.45. The van der Waals surface area contributed by atoms with Crippen molar-refractivity contribution in [3.63, 3.8) is 0 Å². The van der Waals surface area contributed by atoms with Gasteiger partial charge in [-0.2, -0.15) is 0 Å². The first-order valence-electron chi connectivity index (χ1n) is 7.21. The van der Waals surface area contributed by atoms with Crippen molar-refractivity contribution in [3.05, 3.63) is 29.8 Å². The number of rotatable bonds is 6. The van der Waals surface area contributed by atoms with Crippen molar-refractivity contribution in [2.45, 2.75) is 57.8 Å². The van der Waals surface area contributed by atoms with E-state index >= 15 is 0 Å². The van der Waals surface area contributed by atoms with E-state index in [1.807, 2.05) is 38.1 Å². The molecular weight excluding hydrogens is 240 g/mol. The summed E-state index contributed by atoms with van der Waals surface area (Å²) < 4.78 is 11.2. The largest absolute Gasteiger partial charge is 0.491 e. The third-order valence-electron chi connectivity index (χ3n) is 3.40. The lowest BCUT2D eigenvalue weighted by Crippen LogP contribution is -2.09. The maximum Gasteiger partial charge on any atom is 0.120 e. The lowest BCUT2D eigenvalue weighted by atomic mass is 10.0. The van der Waals surface area contributed by atoms with Crippen LogP contribution in [0, 0.1) is 0 Å². The summed E-state index contributed by atoms with van der Waals surface area (Å²) in [7, 11) is 0. The molecule has 0 aromatic heterocycles. The first-order chi connectivity index (χ1) is 9.15. The van der Waals surface area contributed by atoms with E-state index in [1.165, 1.54) is 0 Å². The molecule has 0 amide bonds. The van der Waals surface area contributed by atoms with E-state index < -0.39 is 6.10 Å². The Labute approximate surface area is 115 Å². The zero-order chi connectivity index (χ0) is 13.7. The van der Waals surface area contributed by atoms with Crippen molar-refractivity contribution < 1.29 is 14.6 Å². The number of hydrogen-bond donors (Lipinski definition) is 1. The van der Waals surface area contributed by atoms with Crippen LogP contribution in [0.25, 0.3) is 0 Å². The maximum absolute atomic E-state index is 10.2. The van der Waals surface area contributed by atoms with Gasteiger partial charge < -0.3 is 14.6 Å². The topological polar surface area (TPSA) is 38.7 Å². The quantitative estimate of drug-likeness (QED) is 0.855. The second kappa shape index (κ2) is 6.92. The number of aliphatic hydroxyl groups excluding tert-OH is 1. The Kier molecular flexibility index (Phi) is 5.23. The van der Waals surface area contributed by atoms with Gasteiger partial charge in [0.1, 0.15) is 5.75 Å². The third kappa shape index (κ3) is 4.51. The molecule has 1 heterocycles. The molecule has 1 N–H and O–H groups in total. The fourth-order valence-corrected chi connectivity index (χ4v) is 2.45. The van der Waals surface area contributed by atoms with Crippen molar-refractivity contribution >= 4 is 0 Å². The van der Waals surface area contributed by atoms with Crippen LogP contribution in [-0.4, -0.2) is 23.9 Å². The van der Waals surface area contributed by atoms with Gasteiger partial charge in [0.25, 0.3) is 0 Å². The molecule has 0 spiro atoms. The average Bonchev–Trinajstić information content (AvgIpc) is 2.88. The summed E-state index contributed by atoms with van der Waals surface area (Å²) in [6, 6.07) is 7.74. The molecule has 3 nitrogen and oxygen atoms in total. The van der Waals surface area contributed by atoms with Crippen molar-refractivity contribution in [3.8, 4) is 5.75 Å². The summed E-state index contributed by atoms with van der Waals surface area (Å²) >= 11 is 0. The summed E-state index contributed by atoms with van der Waals surface area (Å²) in [6.45, 7) is 4.87. The van der Waals surface area contributed by atoms with Crippen LogP contribution in [-0.2, 0) is 4.74 Å². The number of aliphatic hydroxyl groups is 1. The van der Waals surface area contributed by atoms with E-state index in [-0.39, 0.29) is 6.10 Å². The molecule has 1 aromatic carbocycles. The molecule has 106 valence electrons. The molecule has 1 aliphatic rings. The Morgan fingerprint density at radius 1 is 1.42 bits per heavy atom. The highest BCUT2D eigenvalue weighted by Gasteiger charge is 2.17. The molecule has 19 heavy (non-hydrogen) atoms. The van der Waals surface area contributed by atoms with Gasteiger partial charge >= 0.3 is 0 Å². The monoisotopic (exact) mass is 264 g/mol. The summed E-state index contributed by atoms with van der Waals surface area (Å²) in [5, 5.41) is 10.2. The fraction of sp³-hybridized carbons (Fsp3) is 0.625. The van der Waals surface area contributed by atoms with Crippen molar-refractivity contribution in [1.82, 2.24) is 0 Å². The predicted octanol–water partition coefficient (Wildman–Crippen LogP) is 3.47. The second-order valence-corrected chi connectivity index (χ2v) is 5.47. The smallest absolute Gasteiger partial charge is 0.120 e. The van der Waals surface area contributed by atoms with Gasteiger partial charge in [0, 0.05) is 6.61 Å². The van der Waals surface area contributed by atoms with Gasteiger partial charge in [-0.25, -0.2) is 0 Å². The molecule has 0 saturated carbocycles. The first-order valence-corrected chi connectivity index (χ1v) is 7.21. The van der Waals surface area contributed by atoms with E-state index in [0.29, 0.717) is 6.10 Å². The molecule has 2 unspecified atom stereocenters. The van der Waals surface area contributed by atoms with Crippen LogP contribution >= 0.6 is 0 Å². The Bertz CT molecular complexity index is 383. The molecule has 2 atom stereocenters. The summed E-state index contributed by atoms with van der Waals surface area (Å²) in [5.74, 6) is 0.823. The summed E-state index contributed by atoms with van der Waals surface area (Å²) in [4.78, 5) is 0. The average molecular weight is 264 g/mol. The van der Waals surface area contributed by atoms with Gasteiger partial charge in [-0.1, -0.05) is 12.1 Å². The number of ether oxygens (including phenoxy) is 2. The van der Waals surface area contributed by atoms with E-state index in [2.05, 4.69) is 0 Å². The van der Waals surface area contributed by atoms with Gasteiger partial charge in [0.05, 0.1) is 18.3 Å². The van der Waals surface area contributed by atoms with Gasteiger partial charge in [-0.15, -0.1) is 0 Å². The van der Waals surface area contributed by atoms with Gasteiger partial charge in [-0.05, 0) is 57.2 Å². The molecule has 1 fully saturated rings. The van der Waals surface area contributed by atoms with Crippen molar-refractivity contribution in [1.29, 1.82) is 0 Å². The molecule has 0 aliphatic carbocycles. The number of hydrogen-bond acceptors (Lipinski definition) is 3. The zero-order valence-corrected chi connectivity index (χ0v) is 11.8. The van der Waals surface area contributed by atoms with Gasteiger partial charge in [0.2, 0.25) is 0 Å². The SMILES string of the molecule is CC(C)Oc1cccc(C(O)CCC2CCCO2)c1. The molecule has 1 saturated heterocycles. The molecule has 1 aliphatic heterocycles. The van der Waals surface area contributed by atoms with E-state index in [9.17, 15) is 5.11 Å². The highest BCUT2D eigenvalue weighted by atomic mass is 16.5. The van der Waals surface area contributed by atoms with E-state index in [0.717, 1.165) is 43.6 Å². The van der Waals surface area contributed by atoms with Crippen LogP contribution < -0.4 is 4.74 Å². The van der Waals surface area contributed by atoms with Crippen LogP contribution in [0.4, 0.5) is 0 Å². The highest BCUT2D eigenvalue weighted by molar-refractivity contribution is 5.30. The maximum atomic E-state index is 10.2.